The molecule has 2 rings (SSSR count). The van der Waals surface area contributed by atoms with E-state index >= 15 is 0 Å². The zero-order chi connectivity index (χ0) is 13.2. The van der Waals surface area contributed by atoms with Gasteiger partial charge in [0.2, 0.25) is 0 Å². The number of halogens is 1. The highest BCUT2D eigenvalue weighted by atomic mass is 35.5. The summed E-state index contributed by atoms with van der Waals surface area (Å²) in [5, 5.41) is 0.710. The maximum absolute atomic E-state index is 6.47. The number of benzene rings is 2. The molecule has 0 aromatic heterocycles. The van der Waals surface area contributed by atoms with Gasteiger partial charge >= 0.3 is 0 Å². The number of rotatable bonds is 3. The molecular weight excluding hydrogens is 242 g/mol. The van der Waals surface area contributed by atoms with Crippen molar-refractivity contribution in [3.63, 3.8) is 0 Å². The molecule has 0 radical (unpaired) electrons. The average Bonchev–Trinajstić information content (AvgIpc) is 2.39. The van der Waals surface area contributed by atoms with Gasteiger partial charge in [-0.05, 0) is 36.1 Å². The molecule has 0 saturated carbocycles. The van der Waals surface area contributed by atoms with Crippen LogP contribution in [0.2, 0.25) is 5.02 Å². The Morgan fingerprint density at radius 1 is 1.06 bits per heavy atom. The first-order valence-corrected chi connectivity index (χ1v) is 6.56. The van der Waals surface area contributed by atoms with Gasteiger partial charge < -0.3 is 5.73 Å². The third-order valence-corrected chi connectivity index (χ3v) is 3.72. The van der Waals surface area contributed by atoms with Gasteiger partial charge in [-0.3, -0.25) is 0 Å². The molecule has 1 atom stereocenters. The average molecular weight is 260 g/mol. The molecule has 94 valence electrons. The number of hydrogen-bond acceptors (Lipinski definition) is 1. The standard InChI is InChI=1S/C16H18ClN/c1-3-12-8-10-13(11-9-12)16(2,18)14-6-4-5-7-15(14)17/h4-11H,3,18H2,1-2H3. The Balaban J connectivity index is 2.44. The van der Waals surface area contributed by atoms with E-state index in [1.54, 1.807) is 0 Å². The molecule has 0 aliphatic carbocycles. The van der Waals surface area contributed by atoms with Crippen LogP contribution in [0, 0.1) is 0 Å². The molecule has 0 saturated heterocycles. The van der Waals surface area contributed by atoms with Crippen LogP contribution in [0.15, 0.2) is 48.5 Å². The van der Waals surface area contributed by atoms with E-state index in [2.05, 4.69) is 31.2 Å². The lowest BCUT2D eigenvalue weighted by Gasteiger charge is -2.27. The normalized spacial score (nSPS) is 14.2. The van der Waals surface area contributed by atoms with E-state index in [9.17, 15) is 0 Å². The summed E-state index contributed by atoms with van der Waals surface area (Å²) in [5.41, 5.74) is 9.25. The molecule has 2 aromatic carbocycles. The van der Waals surface area contributed by atoms with Gasteiger partial charge in [0.05, 0.1) is 5.54 Å². The van der Waals surface area contributed by atoms with Crippen LogP contribution >= 0.6 is 11.6 Å². The largest absolute Gasteiger partial charge is 0.318 e. The van der Waals surface area contributed by atoms with Gasteiger partial charge in [-0.2, -0.15) is 0 Å². The van der Waals surface area contributed by atoms with Crippen LogP contribution in [0.4, 0.5) is 0 Å². The summed E-state index contributed by atoms with van der Waals surface area (Å²) in [4.78, 5) is 0. The van der Waals surface area contributed by atoms with E-state index in [4.69, 9.17) is 17.3 Å². The molecule has 0 fully saturated rings. The molecule has 0 aliphatic heterocycles. The van der Waals surface area contributed by atoms with Crippen molar-refractivity contribution in [2.24, 2.45) is 5.73 Å². The molecule has 2 heteroatoms. The summed E-state index contributed by atoms with van der Waals surface area (Å²) in [6, 6.07) is 16.2. The lowest BCUT2D eigenvalue weighted by atomic mass is 9.85. The van der Waals surface area contributed by atoms with Gasteiger partial charge in [0.1, 0.15) is 0 Å². The first-order chi connectivity index (χ1) is 8.55. The second kappa shape index (κ2) is 5.13. The lowest BCUT2D eigenvalue weighted by molar-refractivity contribution is 0.603. The first-order valence-electron chi connectivity index (χ1n) is 6.19. The smallest absolute Gasteiger partial charge is 0.0651 e. The second-order valence-corrected chi connectivity index (χ2v) is 5.14. The van der Waals surface area contributed by atoms with E-state index in [0.29, 0.717) is 5.02 Å². The van der Waals surface area contributed by atoms with Crippen LogP contribution in [-0.2, 0) is 12.0 Å². The molecule has 2 aromatic rings. The molecule has 1 unspecified atom stereocenters. The van der Waals surface area contributed by atoms with Crippen LogP contribution in [0.25, 0.3) is 0 Å². The van der Waals surface area contributed by atoms with Gasteiger partial charge in [-0.15, -0.1) is 0 Å². The Kier molecular flexibility index (Phi) is 3.74. The Labute approximate surface area is 114 Å². The second-order valence-electron chi connectivity index (χ2n) is 4.73. The zero-order valence-corrected chi connectivity index (χ0v) is 11.5. The Hall–Kier alpha value is -1.31. The Morgan fingerprint density at radius 3 is 2.22 bits per heavy atom. The Bertz CT molecular complexity index is 529. The summed E-state index contributed by atoms with van der Waals surface area (Å²) in [7, 11) is 0. The molecule has 1 nitrogen and oxygen atoms in total. The highest BCUT2D eigenvalue weighted by Gasteiger charge is 2.25. The van der Waals surface area contributed by atoms with Crippen LogP contribution in [-0.4, -0.2) is 0 Å². The van der Waals surface area contributed by atoms with Gasteiger partial charge in [-0.1, -0.05) is 61.0 Å². The van der Waals surface area contributed by atoms with E-state index in [-0.39, 0.29) is 0 Å². The highest BCUT2D eigenvalue weighted by Crippen LogP contribution is 2.31. The first kappa shape index (κ1) is 13.1. The summed E-state index contributed by atoms with van der Waals surface area (Å²) < 4.78 is 0. The molecule has 0 spiro atoms. The van der Waals surface area contributed by atoms with Crippen molar-refractivity contribution in [1.29, 1.82) is 0 Å². The van der Waals surface area contributed by atoms with E-state index in [0.717, 1.165) is 17.5 Å². The SMILES string of the molecule is CCc1ccc(C(C)(N)c2ccccc2Cl)cc1. The van der Waals surface area contributed by atoms with E-state index < -0.39 is 5.54 Å². The molecule has 0 heterocycles. The molecule has 18 heavy (non-hydrogen) atoms. The van der Waals surface area contributed by atoms with Crippen LogP contribution < -0.4 is 5.73 Å². The molecule has 0 amide bonds. The minimum absolute atomic E-state index is 0.565. The fraction of sp³-hybridized carbons (Fsp3) is 0.250. The van der Waals surface area contributed by atoms with Crippen molar-refractivity contribution in [3.05, 3.63) is 70.2 Å². The summed E-state index contributed by atoms with van der Waals surface area (Å²) in [6.45, 7) is 4.14. The van der Waals surface area contributed by atoms with Gasteiger partial charge in [0.25, 0.3) is 0 Å². The van der Waals surface area contributed by atoms with Crippen LogP contribution in [0.1, 0.15) is 30.5 Å². The minimum atomic E-state index is -0.565. The summed E-state index contributed by atoms with van der Waals surface area (Å²) in [5.74, 6) is 0. The van der Waals surface area contributed by atoms with Gasteiger partial charge in [0.15, 0.2) is 0 Å². The maximum Gasteiger partial charge on any atom is 0.0651 e. The molecule has 0 aliphatic rings. The van der Waals surface area contributed by atoms with Crippen molar-refractivity contribution >= 4 is 11.6 Å². The minimum Gasteiger partial charge on any atom is -0.318 e. The fourth-order valence-electron chi connectivity index (χ4n) is 2.12. The van der Waals surface area contributed by atoms with Crippen molar-refractivity contribution < 1.29 is 0 Å². The number of nitrogens with two attached hydrogens (primary N) is 1. The van der Waals surface area contributed by atoms with E-state index in [1.165, 1.54) is 5.56 Å². The molecule has 2 N–H and O–H groups in total. The van der Waals surface area contributed by atoms with Crippen LogP contribution in [0.3, 0.4) is 0 Å². The third-order valence-electron chi connectivity index (χ3n) is 3.40. The van der Waals surface area contributed by atoms with Crippen molar-refractivity contribution in [2.75, 3.05) is 0 Å². The molecular formula is C16H18ClN. The third kappa shape index (κ3) is 2.43. The quantitative estimate of drug-likeness (QED) is 0.882. The number of hydrogen-bond donors (Lipinski definition) is 1. The highest BCUT2D eigenvalue weighted by molar-refractivity contribution is 6.31. The zero-order valence-electron chi connectivity index (χ0n) is 10.8. The van der Waals surface area contributed by atoms with Crippen molar-refractivity contribution in [2.45, 2.75) is 25.8 Å². The number of aryl methyl sites for hydroxylation is 1. The van der Waals surface area contributed by atoms with E-state index in [1.807, 2.05) is 31.2 Å². The molecule has 0 bridgehead atoms. The lowest BCUT2D eigenvalue weighted by Crippen LogP contribution is -2.34. The summed E-state index contributed by atoms with van der Waals surface area (Å²) >= 11 is 6.24. The predicted molar refractivity (Wildman–Crippen MR) is 77.9 cm³/mol. The van der Waals surface area contributed by atoms with Gasteiger partial charge in [0, 0.05) is 5.02 Å². The van der Waals surface area contributed by atoms with Gasteiger partial charge in [-0.25, -0.2) is 0 Å². The van der Waals surface area contributed by atoms with Crippen molar-refractivity contribution in [1.82, 2.24) is 0 Å². The monoisotopic (exact) mass is 259 g/mol. The fourth-order valence-corrected chi connectivity index (χ4v) is 2.46. The maximum atomic E-state index is 6.47. The summed E-state index contributed by atoms with van der Waals surface area (Å²) in [6.07, 6.45) is 1.04. The predicted octanol–water partition coefficient (Wildman–Crippen LogP) is 4.12. The topological polar surface area (TPSA) is 26.0 Å². The Morgan fingerprint density at radius 2 is 1.67 bits per heavy atom. The van der Waals surface area contributed by atoms with Crippen LogP contribution in [0.5, 0.6) is 0 Å². The van der Waals surface area contributed by atoms with Crippen molar-refractivity contribution in [3.8, 4) is 0 Å².